The Bertz CT molecular complexity index is 473. The lowest BCUT2D eigenvalue weighted by atomic mass is 9.83. The minimum absolute atomic E-state index is 0.1000. The Kier molecular flexibility index (Phi) is 4.42. The SMILES string of the molecule is CC1(CNc2ccc([N+](=O)[O-])cc2Br)CCCNC1. The van der Waals surface area contributed by atoms with Gasteiger partial charge in [0.2, 0.25) is 0 Å². The number of nitrogens with one attached hydrogen (secondary N) is 2. The largest absolute Gasteiger partial charge is 0.384 e. The van der Waals surface area contributed by atoms with E-state index in [4.69, 9.17) is 0 Å². The number of nitro groups is 1. The van der Waals surface area contributed by atoms with E-state index in [0.29, 0.717) is 0 Å². The summed E-state index contributed by atoms with van der Waals surface area (Å²) in [5.41, 5.74) is 1.24. The molecule has 1 saturated heterocycles. The van der Waals surface area contributed by atoms with Crippen molar-refractivity contribution in [3.8, 4) is 0 Å². The van der Waals surface area contributed by atoms with Crippen molar-refractivity contribution >= 4 is 27.3 Å². The maximum Gasteiger partial charge on any atom is 0.270 e. The Balaban J connectivity index is 2.01. The second-order valence-corrected chi connectivity index (χ2v) is 6.22. The van der Waals surface area contributed by atoms with Crippen molar-refractivity contribution in [2.24, 2.45) is 5.41 Å². The zero-order chi connectivity index (χ0) is 13.9. The number of anilines is 1. The molecule has 0 amide bonds. The molecule has 0 spiro atoms. The highest BCUT2D eigenvalue weighted by atomic mass is 79.9. The second kappa shape index (κ2) is 5.88. The number of non-ortho nitro benzene ring substituents is 1. The molecular weight excluding hydrogens is 310 g/mol. The number of hydrogen-bond acceptors (Lipinski definition) is 4. The normalized spacial score (nSPS) is 23.1. The fraction of sp³-hybridized carbons (Fsp3) is 0.538. The fourth-order valence-electron chi connectivity index (χ4n) is 2.34. The lowest BCUT2D eigenvalue weighted by Crippen LogP contribution is -2.42. The average molecular weight is 328 g/mol. The van der Waals surface area contributed by atoms with Crippen molar-refractivity contribution in [3.05, 3.63) is 32.8 Å². The molecule has 1 aromatic carbocycles. The number of nitro benzene ring substituents is 1. The van der Waals surface area contributed by atoms with Gasteiger partial charge < -0.3 is 10.6 Å². The topological polar surface area (TPSA) is 67.2 Å². The maximum absolute atomic E-state index is 10.7. The maximum atomic E-state index is 10.7. The predicted octanol–water partition coefficient (Wildman–Crippen LogP) is 3.16. The summed E-state index contributed by atoms with van der Waals surface area (Å²) < 4.78 is 0.731. The minimum atomic E-state index is -0.388. The fourth-order valence-corrected chi connectivity index (χ4v) is 2.85. The van der Waals surface area contributed by atoms with Gasteiger partial charge in [-0.05, 0) is 46.8 Å². The molecule has 0 saturated carbocycles. The molecular formula is C13H18BrN3O2. The predicted molar refractivity (Wildman–Crippen MR) is 79.5 cm³/mol. The number of nitrogens with zero attached hydrogens (tertiary/aromatic N) is 1. The zero-order valence-electron chi connectivity index (χ0n) is 10.9. The van der Waals surface area contributed by atoms with E-state index >= 15 is 0 Å². The van der Waals surface area contributed by atoms with E-state index in [9.17, 15) is 10.1 Å². The Morgan fingerprint density at radius 3 is 2.95 bits per heavy atom. The number of piperidine rings is 1. The summed E-state index contributed by atoms with van der Waals surface area (Å²) in [6, 6.07) is 4.81. The minimum Gasteiger partial charge on any atom is -0.384 e. The van der Waals surface area contributed by atoms with Crippen molar-refractivity contribution in [3.63, 3.8) is 0 Å². The molecule has 1 atom stereocenters. The van der Waals surface area contributed by atoms with E-state index in [2.05, 4.69) is 33.5 Å². The van der Waals surface area contributed by atoms with Crippen LogP contribution in [0.25, 0.3) is 0 Å². The van der Waals surface area contributed by atoms with Crippen LogP contribution in [0.2, 0.25) is 0 Å². The molecule has 0 aromatic heterocycles. The van der Waals surface area contributed by atoms with E-state index in [0.717, 1.165) is 29.8 Å². The summed E-state index contributed by atoms with van der Waals surface area (Å²) in [5.74, 6) is 0. The number of rotatable bonds is 4. The zero-order valence-corrected chi connectivity index (χ0v) is 12.5. The highest BCUT2D eigenvalue weighted by molar-refractivity contribution is 9.10. The van der Waals surface area contributed by atoms with Gasteiger partial charge in [0.25, 0.3) is 5.69 Å². The van der Waals surface area contributed by atoms with Gasteiger partial charge in [0.05, 0.1) is 4.92 Å². The highest BCUT2D eigenvalue weighted by Gasteiger charge is 2.26. The van der Waals surface area contributed by atoms with Crippen molar-refractivity contribution < 1.29 is 4.92 Å². The average Bonchev–Trinajstić information content (AvgIpc) is 2.38. The van der Waals surface area contributed by atoms with E-state index in [1.165, 1.54) is 25.0 Å². The van der Waals surface area contributed by atoms with Gasteiger partial charge in [-0.15, -0.1) is 0 Å². The molecule has 6 heteroatoms. The summed E-state index contributed by atoms with van der Waals surface area (Å²) in [6.45, 7) is 5.21. The van der Waals surface area contributed by atoms with Crippen molar-refractivity contribution in [1.29, 1.82) is 0 Å². The molecule has 1 fully saturated rings. The third-order valence-corrected chi connectivity index (χ3v) is 4.21. The molecule has 0 radical (unpaired) electrons. The quantitative estimate of drug-likeness (QED) is 0.658. The van der Waals surface area contributed by atoms with E-state index in [-0.39, 0.29) is 16.0 Å². The van der Waals surface area contributed by atoms with Crippen LogP contribution in [0.15, 0.2) is 22.7 Å². The van der Waals surface area contributed by atoms with E-state index in [1.54, 1.807) is 6.07 Å². The van der Waals surface area contributed by atoms with Crippen LogP contribution in [0.5, 0.6) is 0 Å². The highest BCUT2D eigenvalue weighted by Crippen LogP contribution is 2.30. The van der Waals surface area contributed by atoms with Gasteiger partial charge in [-0.1, -0.05) is 6.92 Å². The Morgan fingerprint density at radius 1 is 1.58 bits per heavy atom. The molecule has 0 aliphatic carbocycles. The monoisotopic (exact) mass is 327 g/mol. The summed E-state index contributed by atoms with van der Waals surface area (Å²) in [4.78, 5) is 10.3. The molecule has 1 unspecified atom stereocenters. The molecule has 2 rings (SSSR count). The Labute approximate surface area is 121 Å². The summed E-state index contributed by atoms with van der Waals surface area (Å²) in [6.07, 6.45) is 2.39. The first-order valence-corrected chi connectivity index (χ1v) is 7.18. The molecule has 104 valence electrons. The molecule has 2 N–H and O–H groups in total. The molecule has 1 heterocycles. The van der Waals surface area contributed by atoms with Gasteiger partial charge in [0.15, 0.2) is 0 Å². The summed E-state index contributed by atoms with van der Waals surface area (Å²) in [5, 5.41) is 17.5. The van der Waals surface area contributed by atoms with Crippen LogP contribution in [-0.4, -0.2) is 24.6 Å². The molecule has 5 nitrogen and oxygen atoms in total. The van der Waals surface area contributed by atoms with Gasteiger partial charge in [0, 0.05) is 35.4 Å². The van der Waals surface area contributed by atoms with E-state index < -0.39 is 0 Å². The van der Waals surface area contributed by atoms with Gasteiger partial charge >= 0.3 is 0 Å². The first-order chi connectivity index (χ1) is 9.00. The number of halogens is 1. The van der Waals surface area contributed by atoms with Crippen molar-refractivity contribution in [2.75, 3.05) is 25.0 Å². The number of benzene rings is 1. The van der Waals surface area contributed by atoms with Crippen LogP contribution >= 0.6 is 15.9 Å². The second-order valence-electron chi connectivity index (χ2n) is 5.37. The van der Waals surface area contributed by atoms with Crippen LogP contribution in [0, 0.1) is 15.5 Å². The molecule has 1 aromatic rings. The molecule has 1 aliphatic rings. The first kappa shape index (κ1) is 14.3. The van der Waals surface area contributed by atoms with Crippen molar-refractivity contribution in [1.82, 2.24) is 5.32 Å². The number of hydrogen-bond donors (Lipinski definition) is 2. The third-order valence-electron chi connectivity index (χ3n) is 3.55. The van der Waals surface area contributed by atoms with Gasteiger partial charge in [-0.2, -0.15) is 0 Å². The third kappa shape index (κ3) is 3.67. The van der Waals surface area contributed by atoms with Gasteiger partial charge in [-0.3, -0.25) is 10.1 Å². The van der Waals surface area contributed by atoms with Gasteiger partial charge in [0.1, 0.15) is 0 Å². The van der Waals surface area contributed by atoms with Crippen LogP contribution in [0.1, 0.15) is 19.8 Å². The van der Waals surface area contributed by atoms with Crippen LogP contribution < -0.4 is 10.6 Å². The van der Waals surface area contributed by atoms with Crippen LogP contribution in [0.4, 0.5) is 11.4 Å². The Morgan fingerprint density at radius 2 is 2.37 bits per heavy atom. The molecule has 1 aliphatic heterocycles. The molecule has 19 heavy (non-hydrogen) atoms. The standard InChI is InChI=1S/C13H18BrN3O2/c1-13(5-2-6-15-8-13)9-16-12-4-3-10(17(18)19)7-11(12)14/h3-4,7,15-16H,2,5-6,8-9H2,1H3. The van der Waals surface area contributed by atoms with Crippen LogP contribution in [0.3, 0.4) is 0 Å². The Hall–Kier alpha value is -1.14. The lowest BCUT2D eigenvalue weighted by molar-refractivity contribution is -0.384. The summed E-state index contributed by atoms with van der Waals surface area (Å²) in [7, 11) is 0. The van der Waals surface area contributed by atoms with Crippen LogP contribution in [-0.2, 0) is 0 Å². The molecule has 0 bridgehead atoms. The smallest absolute Gasteiger partial charge is 0.270 e. The van der Waals surface area contributed by atoms with Crippen molar-refractivity contribution in [2.45, 2.75) is 19.8 Å². The lowest BCUT2D eigenvalue weighted by Gasteiger charge is -2.34. The van der Waals surface area contributed by atoms with E-state index in [1.807, 2.05) is 0 Å². The summed E-state index contributed by atoms with van der Waals surface area (Å²) >= 11 is 3.38. The first-order valence-electron chi connectivity index (χ1n) is 6.39. The van der Waals surface area contributed by atoms with Gasteiger partial charge in [-0.25, -0.2) is 0 Å².